The molecule has 7 heteroatoms. The molecular weight excluding hydrogens is 382 g/mol. The van der Waals surface area contributed by atoms with Gasteiger partial charge in [0.2, 0.25) is 5.91 Å². The first-order valence-corrected chi connectivity index (χ1v) is 10.3. The number of amides is 1. The molecule has 0 aliphatic carbocycles. The second kappa shape index (κ2) is 7.97. The predicted molar refractivity (Wildman–Crippen MR) is 112 cm³/mol. The number of carboxylic acid groups (broad SMARTS) is 1. The Morgan fingerprint density at radius 1 is 1.30 bits per heavy atom. The minimum atomic E-state index is -0.825. The van der Waals surface area contributed by atoms with E-state index < -0.39 is 11.4 Å². The molecule has 0 bridgehead atoms. The fourth-order valence-corrected chi connectivity index (χ4v) is 4.16. The fraction of sp³-hybridized carbons (Fsp3) is 0.435. The van der Waals surface area contributed by atoms with E-state index in [1.165, 1.54) is 5.56 Å². The summed E-state index contributed by atoms with van der Waals surface area (Å²) in [5.74, 6) is -0.747. The normalized spacial score (nSPS) is 14.1. The number of hydrogen-bond acceptors (Lipinski definition) is 4. The SMILES string of the molecule is CC(C)(CCCC(=O)N1CCc2c(n(Cc3ccoc3)c3ncccc23)C1)C(=O)O. The van der Waals surface area contributed by atoms with Gasteiger partial charge in [0.05, 0.1) is 31.0 Å². The molecule has 0 saturated heterocycles. The zero-order valence-electron chi connectivity index (χ0n) is 17.4. The summed E-state index contributed by atoms with van der Waals surface area (Å²) in [5.41, 5.74) is 3.56. The molecule has 1 aliphatic heterocycles. The van der Waals surface area contributed by atoms with E-state index in [-0.39, 0.29) is 5.91 Å². The first-order chi connectivity index (χ1) is 14.4. The van der Waals surface area contributed by atoms with Crippen LogP contribution < -0.4 is 0 Å². The lowest BCUT2D eigenvalue weighted by Crippen LogP contribution is -2.36. The number of aliphatic carboxylic acids is 1. The topological polar surface area (TPSA) is 88.6 Å². The fourth-order valence-electron chi connectivity index (χ4n) is 4.16. The molecule has 3 aromatic rings. The Bertz CT molecular complexity index is 1070. The highest BCUT2D eigenvalue weighted by Crippen LogP contribution is 2.31. The van der Waals surface area contributed by atoms with Crippen LogP contribution in [0, 0.1) is 5.41 Å². The van der Waals surface area contributed by atoms with E-state index in [2.05, 4.69) is 15.6 Å². The number of nitrogens with zero attached hydrogens (tertiary/aromatic N) is 3. The first-order valence-electron chi connectivity index (χ1n) is 10.3. The minimum Gasteiger partial charge on any atom is -0.481 e. The number of fused-ring (bicyclic) bond motifs is 3. The molecule has 4 rings (SSSR count). The smallest absolute Gasteiger partial charge is 0.309 e. The van der Waals surface area contributed by atoms with Crippen LogP contribution in [0.1, 0.15) is 49.9 Å². The van der Waals surface area contributed by atoms with Crippen molar-refractivity contribution in [3.8, 4) is 0 Å². The molecule has 1 N–H and O–H groups in total. The third-order valence-electron chi connectivity index (χ3n) is 6.06. The van der Waals surface area contributed by atoms with E-state index in [0.29, 0.717) is 38.9 Å². The van der Waals surface area contributed by atoms with Crippen molar-refractivity contribution in [1.29, 1.82) is 0 Å². The minimum absolute atomic E-state index is 0.0786. The van der Waals surface area contributed by atoms with Gasteiger partial charge in [-0.2, -0.15) is 0 Å². The Balaban J connectivity index is 1.53. The van der Waals surface area contributed by atoms with Crippen molar-refractivity contribution >= 4 is 22.9 Å². The molecule has 0 fully saturated rings. The van der Waals surface area contributed by atoms with Gasteiger partial charge < -0.3 is 19.0 Å². The molecule has 0 spiro atoms. The summed E-state index contributed by atoms with van der Waals surface area (Å²) in [6.07, 6.45) is 7.41. The maximum absolute atomic E-state index is 12.8. The van der Waals surface area contributed by atoms with Crippen LogP contribution in [0.3, 0.4) is 0 Å². The molecule has 0 radical (unpaired) electrons. The van der Waals surface area contributed by atoms with Crippen LogP contribution in [0.4, 0.5) is 0 Å². The number of carboxylic acids is 1. The van der Waals surface area contributed by atoms with Crippen LogP contribution in [0.5, 0.6) is 0 Å². The average molecular weight is 409 g/mol. The lowest BCUT2D eigenvalue weighted by atomic mass is 9.87. The average Bonchev–Trinajstić information content (AvgIpc) is 3.34. The van der Waals surface area contributed by atoms with Crippen molar-refractivity contribution in [2.75, 3.05) is 6.54 Å². The van der Waals surface area contributed by atoms with Gasteiger partial charge in [0, 0.05) is 35.8 Å². The van der Waals surface area contributed by atoms with Crippen molar-refractivity contribution in [3.05, 3.63) is 53.7 Å². The molecule has 0 unspecified atom stereocenters. The van der Waals surface area contributed by atoms with Crippen LogP contribution in [0.25, 0.3) is 11.0 Å². The second-order valence-corrected chi connectivity index (χ2v) is 8.63. The van der Waals surface area contributed by atoms with Gasteiger partial charge in [-0.3, -0.25) is 9.59 Å². The van der Waals surface area contributed by atoms with Crippen molar-refractivity contribution in [1.82, 2.24) is 14.5 Å². The number of rotatable bonds is 7. The lowest BCUT2D eigenvalue weighted by Gasteiger charge is -2.29. The maximum Gasteiger partial charge on any atom is 0.309 e. The third-order valence-corrected chi connectivity index (χ3v) is 6.06. The monoisotopic (exact) mass is 409 g/mol. The Morgan fingerprint density at radius 2 is 2.13 bits per heavy atom. The van der Waals surface area contributed by atoms with Crippen LogP contribution >= 0.6 is 0 Å². The lowest BCUT2D eigenvalue weighted by molar-refractivity contribution is -0.147. The Labute approximate surface area is 175 Å². The van der Waals surface area contributed by atoms with E-state index in [1.807, 2.05) is 17.0 Å². The molecule has 7 nitrogen and oxygen atoms in total. The number of aromatic nitrogens is 2. The quantitative estimate of drug-likeness (QED) is 0.640. The third kappa shape index (κ3) is 3.84. The van der Waals surface area contributed by atoms with Crippen molar-refractivity contribution in [3.63, 3.8) is 0 Å². The van der Waals surface area contributed by atoms with Gasteiger partial charge in [0.1, 0.15) is 5.65 Å². The van der Waals surface area contributed by atoms with Gasteiger partial charge in [0.15, 0.2) is 0 Å². The molecule has 30 heavy (non-hydrogen) atoms. The first kappa shape index (κ1) is 20.2. The molecule has 1 aliphatic rings. The molecular formula is C23H27N3O4. The summed E-state index contributed by atoms with van der Waals surface area (Å²) in [7, 11) is 0. The van der Waals surface area contributed by atoms with Crippen LogP contribution in [-0.4, -0.2) is 38.0 Å². The highest BCUT2D eigenvalue weighted by molar-refractivity contribution is 5.84. The second-order valence-electron chi connectivity index (χ2n) is 8.63. The van der Waals surface area contributed by atoms with Gasteiger partial charge in [-0.15, -0.1) is 0 Å². The maximum atomic E-state index is 12.8. The molecule has 158 valence electrons. The molecule has 0 aromatic carbocycles. The van der Waals surface area contributed by atoms with E-state index in [0.717, 1.165) is 28.7 Å². The van der Waals surface area contributed by atoms with Gasteiger partial charge in [-0.05, 0) is 56.9 Å². The highest BCUT2D eigenvalue weighted by atomic mass is 16.4. The summed E-state index contributed by atoms with van der Waals surface area (Å²) >= 11 is 0. The van der Waals surface area contributed by atoms with E-state index >= 15 is 0 Å². The predicted octanol–water partition coefficient (Wildman–Crippen LogP) is 3.84. The molecule has 1 amide bonds. The molecule has 4 heterocycles. The van der Waals surface area contributed by atoms with Gasteiger partial charge in [-0.25, -0.2) is 4.98 Å². The zero-order chi connectivity index (χ0) is 21.3. The van der Waals surface area contributed by atoms with Gasteiger partial charge in [-0.1, -0.05) is 0 Å². The largest absolute Gasteiger partial charge is 0.481 e. The van der Waals surface area contributed by atoms with Crippen molar-refractivity contribution < 1.29 is 19.1 Å². The van der Waals surface area contributed by atoms with E-state index in [4.69, 9.17) is 4.42 Å². The van der Waals surface area contributed by atoms with Crippen molar-refractivity contribution in [2.45, 2.75) is 52.6 Å². The Kier molecular flexibility index (Phi) is 5.37. The van der Waals surface area contributed by atoms with Crippen molar-refractivity contribution in [2.24, 2.45) is 5.41 Å². The summed E-state index contributed by atoms with van der Waals surface area (Å²) in [5, 5.41) is 10.4. The zero-order valence-corrected chi connectivity index (χ0v) is 17.4. The van der Waals surface area contributed by atoms with Crippen LogP contribution in [0.2, 0.25) is 0 Å². The van der Waals surface area contributed by atoms with E-state index in [1.54, 1.807) is 32.6 Å². The molecule has 3 aromatic heterocycles. The van der Waals surface area contributed by atoms with Gasteiger partial charge >= 0.3 is 5.97 Å². The van der Waals surface area contributed by atoms with Gasteiger partial charge in [0.25, 0.3) is 0 Å². The number of carbonyl (C=O) groups is 2. The van der Waals surface area contributed by atoms with E-state index in [9.17, 15) is 14.7 Å². The standard InChI is InChI=1S/C23H27N3O4/c1-23(2,22(28)29)9-3-6-20(27)25-11-7-17-18-5-4-10-24-21(18)26(19(17)14-25)13-16-8-12-30-15-16/h4-5,8,10,12,15H,3,6-7,9,11,13-14H2,1-2H3,(H,28,29). The van der Waals surface area contributed by atoms with Crippen LogP contribution in [0.15, 0.2) is 41.3 Å². The summed E-state index contributed by atoms with van der Waals surface area (Å²) in [6, 6.07) is 5.99. The number of carbonyl (C=O) groups excluding carboxylic acids is 1. The number of furan rings is 1. The Morgan fingerprint density at radius 3 is 2.87 bits per heavy atom. The number of pyridine rings is 1. The Hall–Kier alpha value is -3.09. The summed E-state index contributed by atoms with van der Waals surface area (Å²) in [4.78, 5) is 30.6. The summed E-state index contributed by atoms with van der Waals surface area (Å²) in [6.45, 7) is 5.27. The summed E-state index contributed by atoms with van der Waals surface area (Å²) < 4.78 is 7.41. The highest BCUT2D eigenvalue weighted by Gasteiger charge is 2.29. The number of hydrogen-bond donors (Lipinski definition) is 1. The van der Waals surface area contributed by atoms with Crippen LogP contribution in [-0.2, 0) is 29.1 Å². The molecule has 0 atom stereocenters. The molecule has 0 saturated carbocycles.